The predicted octanol–water partition coefficient (Wildman–Crippen LogP) is 0.117. The van der Waals surface area contributed by atoms with Crippen molar-refractivity contribution in [2.24, 2.45) is 0 Å². The summed E-state index contributed by atoms with van der Waals surface area (Å²) in [5, 5.41) is 8.88. The molecule has 96 valence electrons. The SMILES string of the molecule is CN(C)S(=O)(=O)NCCc1ccc(CO)cc1. The first-order chi connectivity index (χ1) is 7.95. The molecular weight excluding hydrogens is 240 g/mol. The molecule has 0 aliphatic rings. The molecule has 0 aliphatic heterocycles. The number of aliphatic hydroxyl groups excluding tert-OH is 1. The highest BCUT2D eigenvalue weighted by molar-refractivity contribution is 7.87. The summed E-state index contributed by atoms with van der Waals surface area (Å²) >= 11 is 0. The molecule has 0 spiro atoms. The first-order valence-corrected chi connectivity index (χ1v) is 6.75. The van der Waals surface area contributed by atoms with E-state index in [1.165, 1.54) is 14.1 Å². The highest BCUT2D eigenvalue weighted by atomic mass is 32.2. The zero-order valence-electron chi connectivity index (χ0n) is 10.0. The van der Waals surface area contributed by atoms with Crippen molar-refractivity contribution in [2.45, 2.75) is 13.0 Å². The van der Waals surface area contributed by atoms with E-state index in [-0.39, 0.29) is 6.61 Å². The van der Waals surface area contributed by atoms with Crippen molar-refractivity contribution in [3.8, 4) is 0 Å². The van der Waals surface area contributed by atoms with Gasteiger partial charge >= 0.3 is 0 Å². The Bertz CT molecular complexity index is 440. The molecule has 5 nitrogen and oxygen atoms in total. The van der Waals surface area contributed by atoms with Gasteiger partial charge < -0.3 is 5.11 Å². The second kappa shape index (κ2) is 6.11. The van der Waals surface area contributed by atoms with Crippen molar-refractivity contribution >= 4 is 10.2 Å². The molecule has 0 saturated heterocycles. The van der Waals surface area contributed by atoms with Crippen molar-refractivity contribution in [3.05, 3.63) is 35.4 Å². The fourth-order valence-corrected chi connectivity index (χ4v) is 1.88. The van der Waals surface area contributed by atoms with Crippen LogP contribution < -0.4 is 4.72 Å². The van der Waals surface area contributed by atoms with Crippen LogP contribution in [0.3, 0.4) is 0 Å². The molecule has 0 unspecified atom stereocenters. The molecule has 6 heteroatoms. The van der Waals surface area contributed by atoms with E-state index in [4.69, 9.17) is 5.11 Å². The first-order valence-electron chi connectivity index (χ1n) is 5.31. The molecule has 0 radical (unpaired) electrons. The van der Waals surface area contributed by atoms with Crippen LogP contribution in [0.4, 0.5) is 0 Å². The predicted molar refractivity (Wildman–Crippen MR) is 66.7 cm³/mol. The molecule has 0 heterocycles. The molecule has 1 rings (SSSR count). The minimum Gasteiger partial charge on any atom is -0.392 e. The van der Waals surface area contributed by atoms with E-state index in [2.05, 4.69) is 4.72 Å². The third-order valence-corrected chi connectivity index (χ3v) is 3.91. The van der Waals surface area contributed by atoms with Crippen LogP contribution in [0.5, 0.6) is 0 Å². The lowest BCUT2D eigenvalue weighted by molar-refractivity contribution is 0.282. The summed E-state index contributed by atoms with van der Waals surface area (Å²) in [5.41, 5.74) is 1.88. The Labute approximate surface area is 102 Å². The summed E-state index contributed by atoms with van der Waals surface area (Å²) < 4.78 is 26.4. The van der Waals surface area contributed by atoms with Gasteiger partial charge in [-0.05, 0) is 17.5 Å². The van der Waals surface area contributed by atoms with E-state index in [0.717, 1.165) is 15.4 Å². The maximum Gasteiger partial charge on any atom is 0.278 e. The molecule has 0 aromatic heterocycles. The molecule has 2 N–H and O–H groups in total. The van der Waals surface area contributed by atoms with E-state index >= 15 is 0 Å². The highest BCUT2D eigenvalue weighted by Gasteiger charge is 2.11. The summed E-state index contributed by atoms with van der Waals surface area (Å²) in [7, 11) is -0.369. The van der Waals surface area contributed by atoms with Gasteiger partial charge in [-0.3, -0.25) is 0 Å². The topological polar surface area (TPSA) is 69.6 Å². The molecule has 0 bridgehead atoms. The van der Waals surface area contributed by atoms with Gasteiger partial charge in [-0.1, -0.05) is 24.3 Å². The monoisotopic (exact) mass is 258 g/mol. The summed E-state index contributed by atoms with van der Waals surface area (Å²) in [5.74, 6) is 0. The zero-order chi connectivity index (χ0) is 12.9. The van der Waals surface area contributed by atoms with Crippen LogP contribution in [0.2, 0.25) is 0 Å². The number of rotatable bonds is 6. The van der Waals surface area contributed by atoms with Gasteiger partial charge in [0.05, 0.1) is 6.61 Å². The van der Waals surface area contributed by atoms with Gasteiger partial charge in [0, 0.05) is 20.6 Å². The highest BCUT2D eigenvalue weighted by Crippen LogP contribution is 2.04. The van der Waals surface area contributed by atoms with Crippen LogP contribution >= 0.6 is 0 Å². The molecule has 0 fully saturated rings. The van der Waals surface area contributed by atoms with E-state index in [0.29, 0.717) is 13.0 Å². The third kappa shape index (κ3) is 4.43. The van der Waals surface area contributed by atoms with Gasteiger partial charge in [-0.2, -0.15) is 12.7 Å². The van der Waals surface area contributed by atoms with E-state index in [1.54, 1.807) is 0 Å². The van der Waals surface area contributed by atoms with Crippen LogP contribution in [0.25, 0.3) is 0 Å². The lowest BCUT2D eigenvalue weighted by atomic mass is 10.1. The Balaban J connectivity index is 2.46. The first kappa shape index (κ1) is 14.1. The fourth-order valence-electron chi connectivity index (χ4n) is 1.26. The van der Waals surface area contributed by atoms with Gasteiger partial charge in [0.25, 0.3) is 10.2 Å². The number of nitrogens with zero attached hydrogens (tertiary/aromatic N) is 1. The molecule has 0 atom stereocenters. The third-order valence-electron chi connectivity index (χ3n) is 2.38. The van der Waals surface area contributed by atoms with Crippen LogP contribution in [-0.2, 0) is 23.2 Å². The largest absolute Gasteiger partial charge is 0.392 e. The van der Waals surface area contributed by atoms with Gasteiger partial charge in [-0.15, -0.1) is 0 Å². The number of hydrogen-bond acceptors (Lipinski definition) is 3. The van der Waals surface area contributed by atoms with Crippen LogP contribution in [-0.4, -0.2) is 38.5 Å². The zero-order valence-corrected chi connectivity index (χ0v) is 10.9. The lowest BCUT2D eigenvalue weighted by Gasteiger charge is -2.12. The minimum absolute atomic E-state index is 0.0214. The van der Waals surface area contributed by atoms with Gasteiger partial charge in [-0.25, -0.2) is 4.72 Å². The average molecular weight is 258 g/mol. The molecule has 0 aliphatic carbocycles. The van der Waals surface area contributed by atoms with Crippen LogP contribution in [0.15, 0.2) is 24.3 Å². The van der Waals surface area contributed by atoms with Crippen molar-refractivity contribution in [1.82, 2.24) is 9.03 Å². The molecule has 1 aromatic carbocycles. The van der Waals surface area contributed by atoms with E-state index < -0.39 is 10.2 Å². The number of hydrogen-bond donors (Lipinski definition) is 2. The number of nitrogens with one attached hydrogen (secondary N) is 1. The Morgan fingerprint density at radius 3 is 2.18 bits per heavy atom. The summed E-state index contributed by atoms with van der Waals surface area (Å²) in [6.07, 6.45) is 0.624. The van der Waals surface area contributed by atoms with Crippen LogP contribution in [0.1, 0.15) is 11.1 Å². The summed E-state index contributed by atoms with van der Waals surface area (Å²) in [4.78, 5) is 0. The second-order valence-electron chi connectivity index (χ2n) is 3.91. The van der Waals surface area contributed by atoms with Crippen molar-refractivity contribution in [1.29, 1.82) is 0 Å². The number of benzene rings is 1. The number of aliphatic hydroxyl groups is 1. The van der Waals surface area contributed by atoms with Gasteiger partial charge in [0.2, 0.25) is 0 Å². The average Bonchev–Trinajstić information content (AvgIpc) is 2.29. The van der Waals surface area contributed by atoms with Gasteiger partial charge in [0.15, 0.2) is 0 Å². The minimum atomic E-state index is -3.34. The summed E-state index contributed by atoms with van der Waals surface area (Å²) in [6.45, 7) is 0.381. The molecule has 0 amide bonds. The molecule has 1 aromatic rings. The van der Waals surface area contributed by atoms with Crippen molar-refractivity contribution in [3.63, 3.8) is 0 Å². The smallest absolute Gasteiger partial charge is 0.278 e. The molecule has 17 heavy (non-hydrogen) atoms. The Morgan fingerprint density at radius 2 is 1.71 bits per heavy atom. The molecular formula is C11H18N2O3S. The van der Waals surface area contributed by atoms with Crippen LogP contribution in [0, 0.1) is 0 Å². The quantitative estimate of drug-likeness (QED) is 0.761. The molecule has 0 saturated carbocycles. The van der Waals surface area contributed by atoms with Gasteiger partial charge in [0.1, 0.15) is 0 Å². The van der Waals surface area contributed by atoms with E-state index in [9.17, 15) is 8.42 Å². The Hall–Kier alpha value is -0.950. The normalized spacial score (nSPS) is 12.0. The Kier molecular flexibility index (Phi) is 5.07. The Morgan fingerprint density at radius 1 is 1.18 bits per heavy atom. The standard InChI is InChI=1S/C11H18N2O3S/c1-13(2)17(15,16)12-8-7-10-3-5-11(9-14)6-4-10/h3-6,12,14H,7-9H2,1-2H3. The van der Waals surface area contributed by atoms with E-state index in [1.807, 2.05) is 24.3 Å². The maximum absolute atomic E-state index is 11.4. The second-order valence-corrected chi connectivity index (χ2v) is 5.88. The maximum atomic E-state index is 11.4. The summed E-state index contributed by atoms with van der Waals surface area (Å²) in [6, 6.07) is 7.43. The van der Waals surface area contributed by atoms with Crippen molar-refractivity contribution < 1.29 is 13.5 Å². The lowest BCUT2D eigenvalue weighted by Crippen LogP contribution is -2.36. The van der Waals surface area contributed by atoms with Crippen molar-refractivity contribution in [2.75, 3.05) is 20.6 Å². The fraction of sp³-hybridized carbons (Fsp3) is 0.455.